The molecule has 0 saturated heterocycles. The molecule has 0 aliphatic heterocycles. The molecule has 0 atom stereocenters. The smallest absolute Gasteiger partial charge is 0.261 e. The number of sulfonamides is 1. The quantitative estimate of drug-likeness (QED) is 0.945. The number of rotatable bonds is 3. The largest absolute Gasteiger partial charge is 0.278 e. The van der Waals surface area contributed by atoms with Crippen molar-refractivity contribution in [2.75, 3.05) is 4.72 Å². The first-order chi connectivity index (χ1) is 9.42. The molecule has 2 aromatic rings. The van der Waals surface area contributed by atoms with Gasteiger partial charge in [0, 0.05) is 5.69 Å². The highest BCUT2D eigenvalue weighted by Gasteiger charge is 2.16. The molecule has 1 aromatic carbocycles. The summed E-state index contributed by atoms with van der Waals surface area (Å²) in [7, 11) is -3.76. The van der Waals surface area contributed by atoms with E-state index in [4.69, 9.17) is 16.9 Å². The topological polar surface area (TPSA) is 82.9 Å². The summed E-state index contributed by atoms with van der Waals surface area (Å²) in [5.41, 5.74) is 1.37. The van der Waals surface area contributed by atoms with E-state index in [0.717, 1.165) is 5.69 Å². The van der Waals surface area contributed by atoms with Crippen LogP contribution in [0.1, 0.15) is 11.3 Å². The molecule has 0 spiro atoms. The number of aryl methyl sites for hydroxylation is 1. The maximum Gasteiger partial charge on any atom is 0.261 e. The van der Waals surface area contributed by atoms with Crippen molar-refractivity contribution < 1.29 is 8.42 Å². The van der Waals surface area contributed by atoms with Crippen LogP contribution in [0.4, 0.5) is 5.69 Å². The Hall–Kier alpha value is -2.10. The lowest BCUT2D eigenvalue weighted by atomic mass is 10.2. The molecule has 1 N–H and O–H groups in total. The van der Waals surface area contributed by atoms with Crippen molar-refractivity contribution in [1.82, 2.24) is 4.98 Å². The summed E-state index contributed by atoms with van der Waals surface area (Å²) in [5.74, 6) is 0. The highest BCUT2D eigenvalue weighted by atomic mass is 35.5. The molecule has 102 valence electrons. The van der Waals surface area contributed by atoms with Crippen LogP contribution in [0.2, 0.25) is 5.02 Å². The van der Waals surface area contributed by atoms with E-state index in [9.17, 15) is 8.42 Å². The molecule has 0 fully saturated rings. The first-order valence-corrected chi connectivity index (χ1v) is 7.43. The number of hydrogen-bond donors (Lipinski definition) is 1. The fraction of sp³-hybridized carbons (Fsp3) is 0.0769. The van der Waals surface area contributed by atoms with Crippen molar-refractivity contribution in [3.63, 3.8) is 0 Å². The van der Waals surface area contributed by atoms with E-state index in [1.54, 1.807) is 19.1 Å². The van der Waals surface area contributed by atoms with E-state index in [2.05, 4.69) is 9.71 Å². The van der Waals surface area contributed by atoms with E-state index in [1.807, 2.05) is 6.07 Å². The Morgan fingerprint density at radius 2 is 2.05 bits per heavy atom. The van der Waals surface area contributed by atoms with Gasteiger partial charge in [-0.25, -0.2) is 8.42 Å². The molecule has 20 heavy (non-hydrogen) atoms. The number of nitrogens with zero attached hydrogens (tertiary/aromatic N) is 2. The third-order valence-corrected chi connectivity index (χ3v) is 4.23. The Bertz CT molecular complexity index is 780. The van der Waals surface area contributed by atoms with Crippen LogP contribution in [0.3, 0.4) is 0 Å². The number of nitriles is 1. The minimum atomic E-state index is -3.76. The van der Waals surface area contributed by atoms with Crippen molar-refractivity contribution in [1.29, 1.82) is 5.26 Å². The number of nitrogens with one attached hydrogen (secondary N) is 1. The van der Waals surface area contributed by atoms with E-state index < -0.39 is 10.0 Å². The summed E-state index contributed by atoms with van der Waals surface area (Å²) in [6.07, 6.45) is 1.43. The second kappa shape index (κ2) is 5.49. The van der Waals surface area contributed by atoms with Gasteiger partial charge in [-0.15, -0.1) is 0 Å². The molecule has 0 radical (unpaired) electrons. The van der Waals surface area contributed by atoms with E-state index in [0.29, 0.717) is 5.69 Å². The molecule has 0 aliphatic carbocycles. The molecular weight excluding hydrogens is 298 g/mol. The minimum absolute atomic E-state index is 0.0120. The zero-order valence-electron chi connectivity index (χ0n) is 10.5. The molecule has 1 heterocycles. The minimum Gasteiger partial charge on any atom is -0.278 e. The average molecular weight is 308 g/mol. The molecule has 7 heteroatoms. The number of halogens is 1. The van der Waals surface area contributed by atoms with Gasteiger partial charge in [0.15, 0.2) is 0 Å². The Balaban J connectivity index is 2.33. The molecule has 0 saturated carbocycles. The predicted molar refractivity (Wildman–Crippen MR) is 75.9 cm³/mol. The number of aromatic nitrogens is 1. The van der Waals surface area contributed by atoms with Crippen molar-refractivity contribution in [2.24, 2.45) is 0 Å². The molecular formula is C13H10ClN3O2S. The van der Waals surface area contributed by atoms with Crippen molar-refractivity contribution >= 4 is 27.3 Å². The summed E-state index contributed by atoms with van der Waals surface area (Å²) in [6.45, 7) is 1.80. The molecule has 2 rings (SSSR count). The first-order valence-electron chi connectivity index (χ1n) is 5.57. The Morgan fingerprint density at radius 1 is 1.30 bits per heavy atom. The van der Waals surface area contributed by atoms with Gasteiger partial charge in [-0.1, -0.05) is 11.6 Å². The summed E-state index contributed by atoms with van der Waals surface area (Å²) in [6, 6.07) is 9.12. The number of benzene rings is 1. The third kappa shape index (κ3) is 3.07. The van der Waals surface area contributed by atoms with Gasteiger partial charge in [-0.2, -0.15) is 5.26 Å². The first kappa shape index (κ1) is 14.3. The summed E-state index contributed by atoms with van der Waals surface area (Å²) < 4.78 is 26.7. The van der Waals surface area contributed by atoms with Crippen molar-refractivity contribution in [3.05, 3.63) is 52.8 Å². The van der Waals surface area contributed by atoms with Gasteiger partial charge in [0.2, 0.25) is 0 Å². The van der Waals surface area contributed by atoms with Crippen molar-refractivity contribution in [2.45, 2.75) is 11.8 Å². The lowest BCUT2D eigenvalue weighted by Crippen LogP contribution is -2.13. The highest BCUT2D eigenvalue weighted by molar-refractivity contribution is 7.92. The lowest BCUT2D eigenvalue weighted by Gasteiger charge is -2.08. The van der Waals surface area contributed by atoms with E-state index in [1.165, 1.54) is 24.4 Å². The Kier molecular flexibility index (Phi) is 3.93. The van der Waals surface area contributed by atoms with Crippen LogP contribution in [0.5, 0.6) is 0 Å². The van der Waals surface area contributed by atoms with Crippen molar-refractivity contribution in [3.8, 4) is 6.07 Å². The van der Waals surface area contributed by atoms with Gasteiger partial charge in [-0.05, 0) is 37.3 Å². The normalized spacial score (nSPS) is 10.8. The van der Waals surface area contributed by atoms with Gasteiger partial charge in [0.25, 0.3) is 10.0 Å². The molecule has 0 aliphatic rings. The van der Waals surface area contributed by atoms with Gasteiger partial charge >= 0.3 is 0 Å². The summed E-state index contributed by atoms with van der Waals surface area (Å²) in [5, 5.41) is 8.86. The molecule has 0 unspecified atom stereocenters. The van der Waals surface area contributed by atoms with Crippen LogP contribution in [-0.2, 0) is 10.0 Å². The maximum atomic E-state index is 12.2. The third-order valence-electron chi connectivity index (χ3n) is 2.53. The average Bonchev–Trinajstić information content (AvgIpc) is 2.41. The predicted octanol–water partition coefficient (Wildman–Crippen LogP) is 2.72. The number of hydrogen-bond acceptors (Lipinski definition) is 4. The monoisotopic (exact) mass is 307 g/mol. The zero-order chi connectivity index (χ0) is 14.8. The van der Waals surface area contributed by atoms with Crippen LogP contribution in [0, 0.1) is 18.3 Å². The van der Waals surface area contributed by atoms with Gasteiger partial charge in [-0.3, -0.25) is 9.71 Å². The van der Waals surface area contributed by atoms with Crippen LogP contribution >= 0.6 is 11.6 Å². The standard InChI is InChI=1S/C13H10ClN3O2S/c1-9-2-4-11(8-16-9)17-20(18,19)12-5-3-10(7-15)13(14)6-12/h2-6,8,17H,1H3. The summed E-state index contributed by atoms with van der Waals surface area (Å²) in [4.78, 5) is 3.99. The number of pyridine rings is 1. The van der Waals surface area contributed by atoms with E-state index >= 15 is 0 Å². The Morgan fingerprint density at radius 3 is 2.60 bits per heavy atom. The second-order valence-electron chi connectivity index (χ2n) is 4.05. The highest BCUT2D eigenvalue weighted by Crippen LogP contribution is 2.22. The molecule has 0 bridgehead atoms. The molecule has 1 aromatic heterocycles. The van der Waals surface area contributed by atoms with E-state index in [-0.39, 0.29) is 15.5 Å². The second-order valence-corrected chi connectivity index (χ2v) is 6.14. The van der Waals surface area contributed by atoms with Crippen LogP contribution in [0.25, 0.3) is 0 Å². The van der Waals surface area contributed by atoms with Crippen LogP contribution < -0.4 is 4.72 Å². The van der Waals surface area contributed by atoms with Crippen LogP contribution in [-0.4, -0.2) is 13.4 Å². The maximum absolute atomic E-state index is 12.2. The molecule has 5 nitrogen and oxygen atoms in total. The fourth-order valence-electron chi connectivity index (χ4n) is 1.50. The lowest BCUT2D eigenvalue weighted by molar-refractivity contribution is 0.601. The van der Waals surface area contributed by atoms with Gasteiger partial charge in [0.05, 0.1) is 27.4 Å². The summed E-state index contributed by atoms with van der Waals surface area (Å²) >= 11 is 5.83. The fourth-order valence-corrected chi connectivity index (χ4v) is 2.85. The van der Waals surface area contributed by atoms with Crippen LogP contribution in [0.15, 0.2) is 41.4 Å². The Labute approximate surface area is 121 Å². The zero-order valence-corrected chi connectivity index (χ0v) is 12.0. The van der Waals surface area contributed by atoms with Gasteiger partial charge in [0.1, 0.15) is 6.07 Å². The SMILES string of the molecule is Cc1ccc(NS(=O)(=O)c2ccc(C#N)c(Cl)c2)cn1. The number of anilines is 1. The van der Waals surface area contributed by atoms with Gasteiger partial charge < -0.3 is 0 Å². The molecule has 0 amide bonds.